The molecule has 0 aromatic heterocycles. The van der Waals surface area contributed by atoms with E-state index in [4.69, 9.17) is 20.2 Å². The molecule has 4 rings (SSSR count). The van der Waals surface area contributed by atoms with E-state index in [0.717, 1.165) is 47.4 Å². The van der Waals surface area contributed by atoms with Gasteiger partial charge in [0, 0.05) is 17.7 Å². The lowest BCUT2D eigenvalue weighted by molar-refractivity contribution is -0.137. The number of aliphatic imine (C=N–C) groups is 1. The first-order chi connectivity index (χ1) is 15.9. The Morgan fingerprint density at radius 2 is 1.45 bits per heavy atom. The second-order valence-electron chi connectivity index (χ2n) is 7.55. The number of hydrogen-bond acceptors (Lipinski definition) is 4. The average molecular weight is 452 g/mol. The van der Waals surface area contributed by atoms with Gasteiger partial charge in [-0.15, -0.1) is 0 Å². The Bertz CT molecular complexity index is 1130. The van der Waals surface area contributed by atoms with Gasteiger partial charge in [-0.1, -0.05) is 18.2 Å². The topological polar surface area (TPSA) is 56.8 Å². The number of alkyl halides is 3. The van der Waals surface area contributed by atoms with Gasteiger partial charge in [0.05, 0.1) is 17.9 Å². The smallest absolute Gasteiger partial charge is 0.416 e. The van der Waals surface area contributed by atoms with Crippen LogP contribution in [0.3, 0.4) is 0 Å². The molecular formula is C26H23F3N2O2. The zero-order valence-electron chi connectivity index (χ0n) is 17.8. The normalized spacial score (nSPS) is 16.0. The summed E-state index contributed by atoms with van der Waals surface area (Å²) in [5.41, 5.74) is 8.55. The molecule has 7 heteroatoms. The van der Waals surface area contributed by atoms with Crippen molar-refractivity contribution >= 4 is 11.6 Å². The Kier molecular flexibility index (Phi) is 6.79. The minimum Gasteiger partial charge on any atom is -0.477 e. The Balaban J connectivity index is 1.52. The molecule has 0 radical (unpaired) electrons. The van der Waals surface area contributed by atoms with Crippen LogP contribution in [0, 0.1) is 0 Å². The average Bonchev–Trinajstić information content (AvgIpc) is 2.80. The molecule has 1 heterocycles. The number of rotatable bonds is 5. The lowest BCUT2D eigenvalue weighted by Gasteiger charge is -2.14. The van der Waals surface area contributed by atoms with E-state index in [-0.39, 0.29) is 0 Å². The third-order valence-corrected chi connectivity index (χ3v) is 5.15. The molecule has 0 fully saturated rings. The Morgan fingerprint density at radius 1 is 0.848 bits per heavy atom. The molecule has 1 aliphatic rings. The van der Waals surface area contributed by atoms with E-state index in [1.807, 2.05) is 36.4 Å². The highest BCUT2D eigenvalue weighted by molar-refractivity contribution is 5.97. The highest BCUT2D eigenvalue weighted by Gasteiger charge is 2.30. The first-order valence-corrected chi connectivity index (χ1v) is 10.6. The molecule has 0 spiro atoms. The molecule has 0 saturated carbocycles. The van der Waals surface area contributed by atoms with Crippen molar-refractivity contribution in [2.24, 2.45) is 10.7 Å². The van der Waals surface area contributed by atoms with Gasteiger partial charge in [-0.2, -0.15) is 13.2 Å². The molecule has 3 aromatic carbocycles. The summed E-state index contributed by atoms with van der Waals surface area (Å²) in [7, 11) is 0. The van der Waals surface area contributed by atoms with Crippen molar-refractivity contribution in [3.63, 3.8) is 0 Å². The summed E-state index contributed by atoms with van der Waals surface area (Å²) in [6, 6.07) is 19.7. The monoisotopic (exact) mass is 452 g/mol. The van der Waals surface area contributed by atoms with Gasteiger partial charge in [0.25, 0.3) is 0 Å². The van der Waals surface area contributed by atoms with Crippen LogP contribution in [0.4, 0.5) is 13.2 Å². The van der Waals surface area contributed by atoms with Crippen LogP contribution in [0.25, 0.3) is 5.70 Å². The highest BCUT2D eigenvalue weighted by Crippen LogP contribution is 2.32. The number of allylic oxidation sites excluding steroid dienone is 1. The molecule has 33 heavy (non-hydrogen) atoms. The minimum atomic E-state index is -4.37. The number of nitrogens with zero attached hydrogens (tertiary/aromatic N) is 1. The first-order valence-electron chi connectivity index (χ1n) is 10.6. The molecule has 0 amide bonds. The third kappa shape index (κ3) is 5.81. The van der Waals surface area contributed by atoms with Gasteiger partial charge in [0.1, 0.15) is 11.5 Å². The fourth-order valence-corrected chi connectivity index (χ4v) is 3.33. The summed E-state index contributed by atoms with van der Waals surface area (Å²) in [5, 5.41) is 0. The number of ether oxygens (including phenoxy) is 2. The van der Waals surface area contributed by atoms with E-state index < -0.39 is 11.7 Å². The molecule has 170 valence electrons. The molecule has 3 aromatic rings. The fourth-order valence-electron chi connectivity index (χ4n) is 3.33. The SMILES string of the molecule is NCc1ccc(C2=N/C(c3ccc(Oc4ccc(C(F)(F)F)cc4)cc3)=C/CCCO2)cc1. The maximum atomic E-state index is 12.7. The van der Waals surface area contributed by atoms with Gasteiger partial charge in [-0.3, -0.25) is 0 Å². The number of halogens is 3. The summed E-state index contributed by atoms with van der Waals surface area (Å²) < 4.78 is 49.8. The van der Waals surface area contributed by atoms with Crippen LogP contribution in [0.15, 0.2) is 83.9 Å². The first kappa shape index (κ1) is 22.6. The summed E-state index contributed by atoms with van der Waals surface area (Å²) in [6.07, 6.45) is -0.593. The number of nitrogens with two attached hydrogens (primary N) is 1. The molecule has 0 bridgehead atoms. The van der Waals surface area contributed by atoms with E-state index in [1.165, 1.54) is 12.1 Å². The van der Waals surface area contributed by atoms with E-state index in [2.05, 4.69) is 6.08 Å². The zero-order valence-corrected chi connectivity index (χ0v) is 17.8. The van der Waals surface area contributed by atoms with Crippen LogP contribution >= 0.6 is 0 Å². The van der Waals surface area contributed by atoms with Crippen LogP contribution in [-0.4, -0.2) is 12.5 Å². The molecule has 4 nitrogen and oxygen atoms in total. The Labute approximate surface area is 190 Å². The summed E-state index contributed by atoms with van der Waals surface area (Å²) in [5.74, 6) is 1.40. The predicted octanol–water partition coefficient (Wildman–Crippen LogP) is 6.55. The summed E-state index contributed by atoms with van der Waals surface area (Å²) >= 11 is 0. The van der Waals surface area contributed by atoms with E-state index in [0.29, 0.717) is 30.5 Å². The second kappa shape index (κ2) is 9.92. The molecule has 0 atom stereocenters. The maximum absolute atomic E-state index is 12.7. The molecular weight excluding hydrogens is 429 g/mol. The van der Waals surface area contributed by atoms with Crippen molar-refractivity contribution < 1.29 is 22.6 Å². The predicted molar refractivity (Wildman–Crippen MR) is 122 cm³/mol. The largest absolute Gasteiger partial charge is 0.477 e. The lowest BCUT2D eigenvalue weighted by atomic mass is 10.1. The fraction of sp³-hybridized carbons (Fsp3) is 0.192. The van der Waals surface area contributed by atoms with Crippen molar-refractivity contribution in [1.29, 1.82) is 0 Å². The molecule has 1 aliphatic heterocycles. The Morgan fingerprint density at radius 3 is 2.06 bits per heavy atom. The molecule has 0 aliphatic carbocycles. The second-order valence-corrected chi connectivity index (χ2v) is 7.55. The van der Waals surface area contributed by atoms with Crippen molar-refractivity contribution in [2.75, 3.05) is 6.61 Å². The Hall–Kier alpha value is -3.58. The van der Waals surface area contributed by atoms with Gasteiger partial charge in [0.2, 0.25) is 5.90 Å². The van der Waals surface area contributed by atoms with Crippen LogP contribution < -0.4 is 10.5 Å². The van der Waals surface area contributed by atoms with Crippen LogP contribution in [-0.2, 0) is 17.5 Å². The number of benzene rings is 3. The van der Waals surface area contributed by atoms with E-state index >= 15 is 0 Å². The molecule has 2 N–H and O–H groups in total. The summed E-state index contributed by atoms with van der Waals surface area (Å²) in [6.45, 7) is 1.06. The van der Waals surface area contributed by atoms with Gasteiger partial charge in [-0.05, 0) is 79.1 Å². The van der Waals surface area contributed by atoms with Gasteiger partial charge < -0.3 is 15.2 Å². The van der Waals surface area contributed by atoms with Crippen molar-refractivity contribution in [2.45, 2.75) is 25.6 Å². The van der Waals surface area contributed by atoms with Crippen molar-refractivity contribution in [3.8, 4) is 11.5 Å². The van der Waals surface area contributed by atoms with Gasteiger partial charge >= 0.3 is 6.18 Å². The highest BCUT2D eigenvalue weighted by atomic mass is 19.4. The van der Waals surface area contributed by atoms with Crippen molar-refractivity contribution in [3.05, 3.63) is 101 Å². The van der Waals surface area contributed by atoms with Crippen LogP contribution in [0.2, 0.25) is 0 Å². The van der Waals surface area contributed by atoms with Gasteiger partial charge in [0.15, 0.2) is 0 Å². The third-order valence-electron chi connectivity index (χ3n) is 5.15. The molecule has 0 unspecified atom stereocenters. The van der Waals surface area contributed by atoms with Gasteiger partial charge in [-0.25, -0.2) is 4.99 Å². The lowest BCUT2D eigenvalue weighted by Crippen LogP contribution is -2.10. The standard InChI is InChI=1S/C26H23F3N2O2/c27-26(28,29)21-10-14-23(15-11-21)33-22-12-8-19(9-13-22)24-3-1-2-16-32-25(31-24)20-6-4-18(17-30)5-7-20/h3-15H,1-2,16-17,30H2/b24-3+,31-25?. The maximum Gasteiger partial charge on any atom is 0.416 e. The van der Waals surface area contributed by atoms with E-state index in [9.17, 15) is 13.2 Å². The summed E-state index contributed by atoms with van der Waals surface area (Å²) in [4.78, 5) is 4.75. The van der Waals surface area contributed by atoms with Crippen molar-refractivity contribution in [1.82, 2.24) is 0 Å². The number of hydrogen-bond donors (Lipinski definition) is 1. The zero-order chi connectivity index (χ0) is 23.3. The molecule has 0 saturated heterocycles. The van der Waals surface area contributed by atoms with Crippen LogP contribution in [0.5, 0.6) is 11.5 Å². The minimum absolute atomic E-state index is 0.329. The van der Waals surface area contributed by atoms with E-state index in [1.54, 1.807) is 12.1 Å². The quantitative estimate of drug-likeness (QED) is 0.477. The van der Waals surface area contributed by atoms with Crippen LogP contribution in [0.1, 0.15) is 35.1 Å².